The Morgan fingerprint density at radius 2 is 2.12 bits per heavy atom. The summed E-state index contributed by atoms with van der Waals surface area (Å²) >= 11 is 0. The molecule has 1 saturated heterocycles. The van der Waals surface area contributed by atoms with Crippen LogP contribution in [0.3, 0.4) is 0 Å². The number of morpholine rings is 1. The third-order valence-electron chi connectivity index (χ3n) is 3.32. The molecule has 0 aromatic heterocycles. The highest BCUT2D eigenvalue weighted by Gasteiger charge is 2.24. The molecule has 2 unspecified atom stereocenters. The lowest BCUT2D eigenvalue weighted by Gasteiger charge is -2.39. The largest absolute Gasteiger partial charge is 0.375 e. The van der Waals surface area contributed by atoms with Crippen molar-refractivity contribution >= 4 is 5.69 Å². The highest BCUT2D eigenvalue weighted by Crippen LogP contribution is 2.25. The summed E-state index contributed by atoms with van der Waals surface area (Å²) in [5.41, 5.74) is 8.34. The molecule has 0 spiro atoms. The second-order valence-corrected chi connectivity index (χ2v) is 4.81. The monoisotopic (exact) mass is 234 g/mol. The van der Waals surface area contributed by atoms with E-state index in [1.165, 1.54) is 11.3 Å². The zero-order valence-corrected chi connectivity index (χ0v) is 10.7. The van der Waals surface area contributed by atoms with Gasteiger partial charge in [-0.15, -0.1) is 0 Å². The molecule has 1 aromatic rings. The van der Waals surface area contributed by atoms with Crippen molar-refractivity contribution in [2.45, 2.75) is 32.4 Å². The topological polar surface area (TPSA) is 38.5 Å². The molecule has 3 nitrogen and oxygen atoms in total. The number of hydrogen-bond donors (Lipinski definition) is 1. The molecule has 1 aliphatic rings. The van der Waals surface area contributed by atoms with Crippen LogP contribution in [0.1, 0.15) is 19.4 Å². The van der Waals surface area contributed by atoms with Crippen LogP contribution in [-0.4, -0.2) is 31.8 Å². The van der Waals surface area contributed by atoms with E-state index in [1.54, 1.807) is 0 Å². The fraction of sp³-hybridized carbons (Fsp3) is 0.571. The van der Waals surface area contributed by atoms with Crippen LogP contribution in [0.5, 0.6) is 0 Å². The Morgan fingerprint density at radius 3 is 2.88 bits per heavy atom. The van der Waals surface area contributed by atoms with E-state index in [9.17, 15) is 0 Å². The van der Waals surface area contributed by atoms with E-state index in [4.69, 9.17) is 10.5 Å². The van der Waals surface area contributed by atoms with Crippen molar-refractivity contribution in [1.29, 1.82) is 0 Å². The van der Waals surface area contributed by atoms with E-state index in [-0.39, 0.29) is 0 Å². The van der Waals surface area contributed by atoms with Gasteiger partial charge in [0, 0.05) is 18.3 Å². The molecule has 2 N–H and O–H groups in total. The van der Waals surface area contributed by atoms with Crippen molar-refractivity contribution < 1.29 is 4.74 Å². The number of nitrogens with two attached hydrogens (primary N) is 1. The van der Waals surface area contributed by atoms with E-state index in [0.29, 0.717) is 18.7 Å². The standard InChI is InChI=1S/C14H22N2O/c1-11-10-17-12(2)9-16(11)14-6-4-3-5-13(14)7-8-15/h3-6,11-12H,7-10,15H2,1-2H3. The Kier molecular flexibility index (Phi) is 4.02. The van der Waals surface area contributed by atoms with Crippen LogP contribution in [0.4, 0.5) is 5.69 Å². The number of hydrogen-bond acceptors (Lipinski definition) is 3. The average molecular weight is 234 g/mol. The van der Waals surface area contributed by atoms with Crippen LogP contribution in [-0.2, 0) is 11.2 Å². The lowest BCUT2D eigenvalue weighted by atomic mass is 10.1. The Balaban J connectivity index is 2.25. The SMILES string of the molecule is CC1CN(c2ccccc2CCN)C(C)CO1. The van der Waals surface area contributed by atoms with Crippen molar-refractivity contribution in [1.82, 2.24) is 0 Å². The predicted octanol–water partition coefficient (Wildman–Crippen LogP) is 1.80. The molecule has 3 heteroatoms. The molecule has 2 atom stereocenters. The second-order valence-electron chi connectivity index (χ2n) is 4.81. The zero-order valence-electron chi connectivity index (χ0n) is 10.7. The van der Waals surface area contributed by atoms with E-state index < -0.39 is 0 Å². The highest BCUT2D eigenvalue weighted by molar-refractivity contribution is 5.55. The van der Waals surface area contributed by atoms with E-state index >= 15 is 0 Å². The molecular formula is C14H22N2O. The zero-order chi connectivity index (χ0) is 12.3. The molecule has 1 aromatic carbocycles. The summed E-state index contributed by atoms with van der Waals surface area (Å²) in [7, 11) is 0. The highest BCUT2D eigenvalue weighted by atomic mass is 16.5. The Morgan fingerprint density at radius 1 is 1.35 bits per heavy atom. The molecule has 0 aliphatic carbocycles. The summed E-state index contributed by atoms with van der Waals surface area (Å²) in [4.78, 5) is 2.44. The maximum atomic E-state index is 5.68. The molecule has 2 rings (SSSR count). The first-order chi connectivity index (χ1) is 8.22. The van der Waals surface area contributed by atoms with Gasteiger partial charge in [-0.25, -0.2) is 0 Å². The lowest BCUT2D eigenvalue weighted by molar-refractivity contribution is 0.0343. The van der Waals surface area contributed by atoms with Crippen LogP contribution in [0.25, 0.3) is 0 Å². The predicted molar refractivity (Wildman–Crippen MR) is 71.4 cm³/mol. The third-order valence-corrected chi connectivity index (χ3v) is 3.32. The first kappa shape index (κ1) is 12.4. The van der Waals surface area contributed by atoms with Gasteiger partial charge in [-0.2, -0.15) is 0 Å². The van der Waals surface area contributed by atoms with Crippen molar-refractivity contribution in [2.24, 2.45) is 5.73 Å². The number of benzene rings is 1. The Hall–Kier alpha value is -1.06. The van der Waals surface area contributed by atoms with Crippen molar-refractivity contribution in [3.8, 4) is 0 Å². The van der Waals surface area contributed by atoms with Gasteiger partial charge < -0.3 is 15.4 Å². The number of rotatable bonds is 3. The van der Waals surface area contributed by atoms with Gasteiger partial charge in [0.15, 0.2) is 0 Å². The first-order valence-electron chi connectivity index (χ1n) is 6.38. The summed E-state index contributed by atoms with van der Waals surface area (Å²) in [6, 6.07) is 8.99. The van der Waals surface area contributed by atoms with Gasteiger partial charge in [-0.3, -0.25) is 0 Å². The Labute approximate surface area is 104 Å². The molecule has 94 valence electrons. The van der Waals surface area contributed by atoms with Crippen LogP contribution < -0.4 is 10.6 Å². The normalized spacial score (nSPS) is 25.0. The first-order valence-corrected chi connectivity index (χ1v) is 6.38. The summed E-state index contributed by atoms with van der Waals surface area (Å²) in [6.07, 6.45) is 1.24. The van der Waals surface area contributed by atoms with Gasteiger partial charge in [0.2, 0.25) is 0 Å². The maximum Gasteiger partial charge on any atom is 0.0723 e. The van der Waals surface area contributed by atoms with Crippen molar-refractivity contribution in [3.63, 3.8) is 0 Å². The Bertz CT molecular complexity index is 367. The van der Waals surface area contributed by atoms with E-state index in [2.05, 4.69) is 43.0 Å². The molecule has 0 radical (unpaired) electrons. The van der Waals surface area contributed by atoms with Crippen molar-refractivity contribution in [2.75, 3.05) is 24.6 Å². The second kappa shape index (κ2) is 5.52. The molecule has 0 amide bonds. The lowest BCUT2D eigenvalue weighted by Crippen LogP contribution is -2.47. The van der Waals surface area contributed by atoms with E-state index in [0.717, 1.165) is 19.6 Å². The molecule has 1 aliphatic heterocycles. The van der Waals surface area contributed by atoms with Crippen molar-refractivity contribution in [3.05, 3.63) is 29.8 Å². The average Bonchev–Trinajstić information content (AvgIpc) is 2.34. The maximum absolute atomic E-state index is 5.68. The van der Waals surface area contributed by atoms with Gasteiger partial charge in [-0.05, 0) is 38.4 Å². The minimum atomic E-state index is 0.303. The minimum Gasteiger partial charge on any atom is -0.375 e. The molecule has 1 heterocycles. The number of ether oxygens (including phenoxy) is 1. The fourth-order valence-electron chi connectivity index (χ4n) is 2.40. The molecule has 0 saturated carbocycles. The quantitative estimate of drug-likeness (QED) is 0.866. The molecule has 0 bridgehead atoms. The number of anilines is 1. The van der Waals surface area contributed by atoms with Gasteiger partial charge in [0.1, 0.15) is 0 Å². The van der Waals surface area contributed by atoms with Crippen LogP contribution in [0.15, 0.2) is 24.3 Å². The van der Waals surface area contributed by atoms with E-state index in [1.807, 2.05) is 0 Å². The van der Waals surface area contributed by atoms with Gasteiger partial charge >= 0.3 is 0 Å². The smallest absolute Gasteiger partial charge is 0.0723 e. The van der Waals surface area contributed by atoms with Gasteiger partial charge in [0.05, 0.1) is 12.7 Å². The summed E-state index contributed by atoms with van der Waals surface area (Å²) < 4.78 is 5.68. The minimum absolute atomic E-state index is 0.303. The van der Waals surface area contributed by atoms with Gasteiger partial charge in [-0.1, -0.05) is 18.2 Å². The van der Waals surface area contributed by atoms with Crippen LogP contribution >= 0.6 is 0 Å². The molecular weight excluding hydrogens is 212 g/mol. The number of para-hydroxylation sites is 1. The van der Waals surface area contributed by atoms with Crippen LogP contribution in [0, 0.1) is 0 Å². The molecule has 17 heavy (non-hydrogen) atoms. The number of nitrogens with zero attached hydrogens (tertiary/aromatic N) is 1. The van der Waals surface area contributed by atoms with Crippen LogP contribution in [0.2, 0.25) is 0 Å². The van der Waals surface area contributed by atoms with Gasteiger partial charge in [0.25, 0.3) is 0 Å². The third kappa shape index (κ3) is 2.79. The summed E-state index contributed by atoms with van der Waals surface area (Å²) in [5.74, 6) is 0. The summed E-state index contributed by atoms with van der Waals surface area (Å²) in [5, 5.41) is 0. The summed E-state index contributed by atoms with van der Waals surface area (Å²) in [6.45, 7) is 6.81. The fourth-order valence-corrected chi connectivity index (χ4v) is 2.40. The molecule has 1 fully saturated rings.